The van der Waals surface area contributed by atoms with Crippen molar-refractivity contribution in [2.24, 2.45) is 22.7 Å². The maximum Gasteiger partial charge on any atom is 0.427 e. The second-order valence-corrected chi connectivity index (χ2v) is 11.8. The van der Waals surface area contributed by atoms with Crippen LogP contribution >= 0.6 is 11.6 Å². The first-order valence-electron chi connectivity index (χ1n) is 13.0. The molecule has 3 atom stereocenters. The van der Waals surface area contributed by atoms with Gasteiger partial charge in [-0.2, -0.15) is 0 Å². The molecule has 1 N–H and O–H groups in total. The number of hydrogen-bond acceptors (Lipinski definition) is 5. The van der Waals surface area contributed by atoms with Gasteiger partial charge in [0.25, 0.3) is 5.91 Å². The summed E-state index contributed by atoms with van der Waals surface area (Å²) in [6.07, 6.45) is 0.791. The van der Waals surface area contributed by atoms with Crippen LogP contribution in [0.15, 0.2) is 24.3 Å². The Bertz CT molecular complexity index is 949. The van der Waals surface area contributed by atoms with E-state index in [0.29, 0.717) is 5.69 Å². The van der Waals surface area contributed by atoms with Crippen LogP contribution < -0.4 is 10.4 Å². The normalized spacial score (nSPS) is 24.2. The number of hydrogen-bond donors (Lipinski definition) is 1. The molecule has 8 heteroatoms. The number of amides is 2. The zero-order chi connectivity index (χ0) is 27.5. The molecule has 3 rings (SSSR count). The van der Waals surface area contributed by atoms with E-state index >= 15 is 0 Å². The number of carbonyl (C=O) groups is 3. The monoisotopic (exact) mass is 521 g/mol. The SMILES string of the molecule is CC(C)(C)OC(=O)NN(C(=O)C1C(=O)[C@]2(C)CC[C@H]1C2(C)C)c1ccccc1Cl.CCN(CC)CC. The second-order valence-electron chi connectivity index (χ2n) is 11.4. The van der Waals surface area contributed by atoms with Gasteiger partial charge in [-0.15, -0.1) is 0 Å². The summed E-state index contributed by atoms with van der Waals surface area (Å²) in [7, 11) is 0. The quantitative estimate of drug-likeness (QED) is 0.374. The maximum absolute atomic E-state index is 13.6. The lowest BCUT2D eigenvalue weighted by Crippen LogP contribution is -2.53. The fourth-order valence-corrected chi connectivity index (χ4v) is 5.66. The van der Waals surface area contributed by atoms with Crippen molar-refractivity contribution >= 4 is 35.1 Å². The van der Waals surface area contributed by atoms with Gasteiger partial charge in [0, 0.05) is 5.41 Å². The topological polar surface area (TPSA) is 79.0 Å². The highest BCUT2D eigenvalue weighted by Gasteiger charge is 2.68. The Morgan fingerprint density at radius 2 is 1.64 bits per heavy atom. The van der Waals surface area contributed by atoms with Gasteiger partial charge in [-0.25, -0.2) is 15.2 Å². The largest absolute Gasteiger partial charge is 0.443 e. The van der Waals surface area contributed by atoms with Crippen LogP contribution in [-0.4, -0.2) is 47.9 Å². The van der Waals surface area contributed by atoms with Crippen molar-refractivity contribution in [3.8, 4) is 0 Å². The first-order chi connectivity index (χ1) is 16.6. The van der Waals surface area contributed by atoms with Crippen LogP contribution in [0.2, 0.25) is 5.02 Å². The number of benzene rings is 1. The van der Waals surface area contributed by atoms with E-state index in [4.69, 9.17) is 16.3 Å². The van der Waals surface area contributed by atoms with Crippen LogP contribution in [0, 0.1) is 22.7 Å². The number of nitrogens with one attached hydrogen (secondary N) is 1. The summed E-state index contributed by atoms with van der Waals surface area (Å²) in [6.45, 7) is 21.4. The van der Waals surface area contributed by atoms with Crippen molar-refractivity contribution in [3.63, 3.8) is 0 Å². The molecule has 0 saturated heterocycles. The molecule has 36 heavy (non-hydrogen) atoms. The number of ether oxygens (including phenoxy) is 1. The number of halogens is 1. The summed E-state index contributed by atoms with van der Waals surface area (Å²) in [5.41, 5.74) is 1.25. The van der Waals surface area contributed by atoms with Gasteiger partial charge < -0.3 is 9.64 Å². The van der Waals surface area contributed by atoms with E-state index in [0.717, 1.165) is 17.9 Å². The minimum atomic E-state index is -0.824. The lowest BCUT2D eigenvalue weighted by molar-refractivity contribution is -0.138. The highest BCUT2D eigenvalue weighted by Crippen LogP contribution is 2.66. The number of rotatable bonds is 5. The number of anilines is 1. The molecule has 0 heterocycles. The molecule has 2 aliphatic carbocycles. The number of carbonyl (C=O) groups excluding carboxylic acids is 3. The van der Waals surface area contributed by atoms with Crippen LogP contribution in [0.4, 0.5) is 10.5 Å². The molecule has 0 aromatic heterocycles. The molecule has 0 spiro atoms. The Labute approximate surface area is 221 Å². The first-order valence-corrected chi connectivity index (χ1v) is 13.4. The lowest BCUT2D eigenvalue weighted by atomic mass is 9.70. The third kappa shape index (κ3) is 6.05. The van der Waals surface area contributed by atoms with E-state index in [9.17, 15) is 14.4 Å². The average molecular weight is 522 g/mol. The van der Waals surface area contributed by atoms with Gasteiger partial charge in [0.05, 0.1) is 10.7 Å². The molecule has 1 aromatic carbocycles. The van der Waals surface area contributed by atoms with Crippen molar-refractivity contribution in [3.05, 3.63) is 29.3 Å². The van der Waals surface area contributed by atoms with Gasteiger partial charge in [-0.1, -0.05) is 65.3 Å². The summed E-state index contributed by atoms with van der Waals surface area (Å²) >= 11 is 6.31. The fraction of sp³-hybridized carbons (Fsp3) is 0.679. The number of Topliss-reactive ketones (excluding diaryl/α,β-unsaturated/α-hetero) is 1. The van der Waals surface area contributed by atoms with Gasteiger partial charge in [-0.05, 0) is 76.7 Å². The molecule has 1 unspecified atom stereocenters. The van der Waals surface area contributed by atoms with Crippen LogP contribution in [0.5, 0.6) is 0 Å². The van der Waals surface area contributed by atoms with Crippen molar-refractivity contribution < 1.29 is 19.1 Å². The van der Waals surface area contributed by atoms with Gasteiger partial charge >= 0.3 is 6.09 Å². The summed E-state index contributed by atoms with van der Waals surface area (Å²) < 4.78 is 5.32. The minimum Gasteiger partial charge on any atom is -0.443 e. The third-order valence-corrected chi connectivity index (χ3v) is 8.38. The van der Waals surface area contributed by atoms with Crippen molar-refractivity contribution in [2.75, 3.05) is 24.6 Å². The standard InChI is InChI=1S/C22H29ClN2O4.C6H15N/c1-20(2,3)29-19(28)24-25(15-10-8-7-9-14(15)23)18(27)16-13-11-12-22(6,17(16)26)21(13,4)5;1-4-7(5-2)6-3/h7-10,13,16H,11-12H2,1-6H3,(H,24,28);4-6H2,1-3H3/t13-,16?,22+;/m1./s1. The number of nitrogens with zero attached hydrogens (tertiary/aromatic N) is 2. The number of para-hydroxylation sites is 1. The van der Waals surface area contributed by atoms with Gasteiger partial charge in [-0.3, -0.25) is 9.59 Å². The molecule has 2 fully saturated rings. The Kier molecular flexibility index (Phi) is 9.63. The van der Waals surface area contributed by atoms with Crippen molar-refractivity contribution in [2.45, 2.75) is 80.8 Å². The number of hydrazine groups is 1. The van der Waals surface area contributed by atoms with E-state index < -0.39 is 28.9 Å². The highest BCUT2D eigenvalue weighted by molar-refractivity contribution is 6.34. The summed E-state index contributed by atoms with van der Waals surface area (Å²) in [5.74, 6) is -1.45. The highest BCUT2D eigenvalue weighted by atomic mass is 35.5. The zero-order valence-electron chi connectivity index (χ0n) is 23.4. The second kappa shape index (κ2) is 11.5. The van der Waals surface area contributed by atoms with Gasteiger partial charge in [0.15, 0.2) is 5.78 Å². The molecule has 0 radical (unpaired) electrons. The Hall–Kier alpha value is -2.12. The van der Waals surface area contributed by atoms with Crippen molar-refractivity contribution in [1.82, 2.24) is 10.3 Å². The van der Waals surface area contributed by atoms with Crippen LogP contribution in [0.3, 0.4) is 0 Å². The van der Waals surface area contributed by atoms with E-state index in [2.05, 4.69) is 44.9 Å². The molecular weight excluding hydrogens is 478 g/mol. The third-order valence-electron chi connectivity index (χ3n) is 8.06. The Morgan fingerprint density at radius 3 is 2.06 bits per heavy atom. The van der Waals surface area contributed by atoms with Crippen LogP contribution in [0.25, 0.3) is 0 Å². The molecule has 2 amide bonds. The van der Waals surface area contributed by atoms with E-state index in [1.165, 1.54) is 19.6 Å². The van der Waals surface area contributed by atoms with E-state index in [1.807, 2.05) is 6.92 Å². The van der Waals surface area contributed by atoms with Crippen LogP contribution in [-0.2, 0) is 14.3 Å². The molecule has 2 bridgehead atoms. The Morgan fingerprint density at radius 1 is 1.08 bits per heavy atom. The summed E-state index contributed by atoms with van der Waals surface area (Å²) in [5, 5.41) is 1.37. The minimum absolute atomic E-state index is 0.0632. The number of fused-ring (bicyclic) bond motifs is 2. The van der Waals surface area contributed by atoms with Crippen molar-refractivity contribution in [1.29, 1.82) is 0 Å². The summed E-state index contributed by atoms with van der Waals surface area (Å²) in [6, 6.07) is 6.70. The van der Waals surface area contributed by atoms with E-state index in [-0.39, 0.29) is 22.1 Å². The molecular formula is C28H44ClN3O4. The predicted molar refractivity (Wildman–Crippen MR) is 145 cm³/mol. The zero-order valence-corrected chi connectivity index (χ0v) is 24.2. The maximum atomic E-state index is 13.6. The molecule has 2 saturated carbocycles. The predicted octanol–water partition coefficient (Wildman–Crippen LogP) is 6.10. The van der Waals surface area contributed by atoms with E-state index in [1.54, 1.807) is 45.0 Å². The molecule has 2 aliphatic rings. The molecule has 0 aliphatic heterocycles. The summed E-state index contributed by atoms with van der Waals surface area (Å²) in [4.78, 5) is 41.7. The first kappa shape index (κ1) is 30.1. The van der Waals surface area contributed by atoms with Gasteiger partial charge in [0.1, 0.15) is 11.5 Å². The Balaban J connectivity index is 0.000000572. The van der Waals surface area contributed by atoms with Crippen LogP contribution in [0.1, 0.15) is 75.2 Å². The van der Waals surface area contributed by atoms with Gasteiger partial charge in [0.2, 0.25) is 0 Å². The lowest BCUT2D eigenvalue weighted by Gasteiger charge is -2.32. The smallest absolute Gasteiger partial charge is 0.427 e. The number of ketones is 1. The molecule has 7 nitrogen and oxygen atoms in total. The molecule has 1 aromatic rings. The molecule has 202 valence electrons. The fourth-order valence-electron chi connectivity index (χ4n) is 5.44. The average Bonchev–Trinajstić information content (AvgIpc) is 3.10.